The summed E-state index contributed by atoms with van der Waals surface area (Å²) in [5.41, 5.74) is 0.971. The number of hydrogen-bond donors (Lipinski definition) is 1. The molecule has 0 saturated carbocycles. The summed E-state index contributed by atoms with van der Waals surface area (Å²) in [6.07, 6.45) is 3.32. The Hall–Kier alpha value is -1.95. The summed E-state index contributed by atoms with van der Waals surface area (Å²) in [7, 11) is 0. The molecule has 0 aliphatic rings. The van der Waals surface area contributed by atoms with Gasteiger partial charge in [-0.05, 0) is 24.6 Å². The van der Waals surface area contributed by atoms with Crippen molar-refractivity contribution in [3.63, 3.8) is 0 Å². The molecule has 1 aromatic rings. The standard InChI is InChI=1S/C12H16N2O4/c1-2-14(7-10-3-5-13-6-4-10)11(15)8-18-9-12(16)17/h3-6H,2,7-9H2,1H3,(H,16,17). The SMILES string of the molecule is CCN(Cc1ccncc1)C(=O)COCC(=O)O. The van der Waals surface area contributed by atoms with E-state index in [1.54, 1.807) is 17.3 Å². The lowest BCUT2D eigenvalue weighted by molar-refractivity contribution is -0.146. The molecule has 1 N–H and O–H groups in total. The number of carbonyl (C=O) groups excluding carboxylic acids is 1. The zero-order valence-electron chi connectivity index (χ0n) is 10.2. The van der Waals surface area contributed by atoms with Crippen LogP contribution in [0.25, 0.3) is 0 Å². The molecule has 0 aliphatic heterocycles. The van der Waals surface area contributed by atoms with E-state index in [9.17, 15) is 9.59 Å². The van der Waals surface area contributed by atoms with Crippen LogP contribution in [0.3, 0.4) is 0 Å². The fourth-order valence-electron chi connectivity index (χ4n) is 1.40. The maximum absolute atomic E-state index is 11.8. The normalized spacial score (nSPS) is 10.1. The number of aliphatic carboxylic acids is 1. The van der Waals surface area contributed by atoms with Gasteiger partial charge < -0.3 is 14.7 Å². The third kappa shape index (κ3) is 4.92. The van der Waals surface area contributed by atoms with Gasteiger partial charge in [-0.3, -0.25) is 9.78 Å². The number of amides is 1. The highest BCUT2D eigenvalue weighted by molar-refractivity contribution is 5.78. The van der Waals surface area contributed by atoms with Crippen molar-refractivity contribution in [2.45, 2.75) is 13.5 Å². The first kappa shape index (κ1) is 14.1. The van der Waals surface area contributed by atoms with Crippen LogP contribution in [0.4, 0.5) is 0 Å². The second kappa shape index (κ2) is 7.39. The Bertz CT molecular complexity index is 394. The molecule has 0 aliphatic carbocycles. The Kier molecular flexibility index (Phi) is 5.79. The van der Waals surface area contributed by atoms with Crippen molar-refractivity contribution in [3.8, 4) is 0 Å². The highest BCUT2D eigenvalue weighted by Crippen LogP contribution is 2.03. The van der Waals surface area contributed by atoms with E-state index in [-0.39, 0.29) is 12.5 Å². The highest BCUT2D eigenvalue weighted by Gasteiger charge is 2.12. The van der Waals surface area contributed by atoms with Crippen molar-refractivity contribution in [2.75, 3.05) is 19.8 Å². The Morgan fingerprint density at radius 3 is 2.56 bits per heavy atom. The van der Waals surface area contributed by atoms with Gasteiger partial charge >= 0.3 is 5.97 Å². The lowest BCUT2D eigenvalue weighted by Gasteiger charge is -2.20. The Morgan fingerprint density at radius 2 is 2.00 bits per heavy atom. The first-order chi connectivity index (χ1) is 8.63. The molecule has 6 nitrogen and oxygen atoms in total. The summed E-state index contributed by atoms with van der Waals surface area (Å²) in [6.45, 7) is 2.19. The molecule has 1 heterocycles. The molecule has 0 aromatic carbocycles. The van der Waals surface area contributed by atoms with E-state index in [2.05, 4.69) is 4.98 Å². The predicted octanol–water partition coefficient (Wildman–Crippen LogP) is 0.531. The zero-order chi connectivity index (χ0) is 13.4. The third-order valence-electron chi connectivity index (χ3n) is 2.31. The fourth-order valence-corrected chi connectivity index (χ4v) is 1.40. The monoisotopic (exact) mass is 252 g/mol. The van der Waals surface area contributed by atoms with E-state index in [0.717, 1.165) is 5.56 Å². The van der Waals surface area contributed by atoms with Crippen molar-refractivity contribution < 1.29 is 19.4 Å². The van der Waals surface area contributed by atoms with Crippen LogP contribution in [0.1, 0.15) is 12.5 Å². The molecule has 0 saturated heterocycles. The molecule has 1 amide bonds. The second-order valence-electron chi connectivity index (χ2n) is 3.65. The Balaban J connectivity index is 2.45. The molecule has 0 fully saturated rings. The molecule has 1 rings (SSSR count). The number of carbonyl (C=O) groups is 2. The van der Waals surface area contributed by atoms with Crippen LogP contribution in [-0.2, 0) is 20.9 Å². The van der Waals surface area contributed by atoms with Crippen LogP contribution in [0.5, 0.6) is 0 Å². The minimum absolute atomic E-state index is 0.217. The molecule has 0 atom stereocenters. The van der Waals surface area contributed by atoms with Gasteiger partial charge in [0.1, 0.15) is 13.2 Å². The van der Waals surface area contributed by atoms with E-state index in [1.807, 2.05) is 19.1 Å². The van der Waals surface area contributed by atoms with E-state index >= 15 is 0 Å². The van der Waals surface area contributed by atoms with Crippen molar-refractivity contribution in [3.05, 3.63) is 30.1 Å². The van der Waals surface area contributed by atoms with Crippen molar-refractivity contribution in [1.82, 2.24) is 9.88 Å². The number of nitrogens with zero attached hydrogens (tertiary/aromatic N) is 2. The number of pyridine rings is 1. The largest absolute Gasteiger partial charge is 0.480 e. The first-order valence-electron chi connectivity index (χ1n) is 5.59. The number of aromatic nitrogens is 1. The van der Waals surface area contributed by atoms with Crippen LogP contribution < -0.4 is 0 Å². The second-order valence-corrected chi connectivity index (χ2v) is 3.65. The number of hydrogen-bond acceptors (Lipinski definition) is 4. The van der Waals surface area contributed by atoms with Crippen molar-refractivity contribution in [2.24, 2.45) is 0 Å². The smallest absolute Gasteiger partial charge is 0.329 e. The highest BCUT2D eigenvalue weighted by atomic mass is 16.5. The molecule has 0 spiro atoms. The minimum atomic E-state index is -1.08. The van der Waals surface area contributed by atoms with Crippen LogP contribution in [-0.4, -0.2) is 46.6 Å². The average molecular weight is 252 g/mol. The van der Waals surface area contributed by atoms with Crippen molar-refractivity contribution in [1.29, 1.82) is 0 Å². The van der Waals surface area contributed by atoms with Gasteiger partial charge in [0.25, 0.3) is 0 Å². The van der Waals surface area contributed by atoms with Gasteiger partial charge in [0.15, 0.2) is 0 Å². The fraction of sp³-hybridized carbons (Fsp3) is 0.417. The number of ether oxygens (including phenoxy) is 1. The average Bonchev–Trinajstić information content (AvgIpc) is 2.36. The summed E-state index contributed by atoms with van der Waals surface area (Å²) in [5.74, 6) is -1.31. The number of carboxylic acids is 1. The summed E-state index contributed by atoms with van der Waals surface area (Å²) in [4.78, 5) is 27.5. The lowest BCUT2D eigenvalue weighted by Crippen LogP contribution is -2.33. The molecule has 6 heteroatoms. The van der Waals surface area contributed by atoms with E-state index in [1.165, 1.54) is 0 Å². The molecule has 18 heavy (non-hydrogen) atoms. The summed E-state index contributed by atoms with van der Waals surface area (Å²) >= 11 is 0. The summed E-state index contributed by atoms with van der Waals surface area (Å²) in [5, 5.41) is 8.40. The lowest BCUT2D eigenvalue weighted by atomic mass is 10.2. The molecule has 98 valence electrons. The Labute approximate surface area is 105 Å². The summed E-state index contributed by atoms with van der Waals surface area (Å²) in [6, 6.07) is 3.65. The van der Waals surface area contributed by atoms with Crippen LogP contribution in [0.2, 0.25) is 0 Å². The van der Waals surface area contributed by atoms with Gasteiger partial charge in [-0.2, -0.15) is 0 Å². The number of likely N-dealkylation sites (N-methyl/N-ethyl adjacent to an activating group) is 1. The van der Waals surface area contributed by atoms with E-state index < -0.39 is 12.6 Å². The maximum Gasteiger partial charge on any atom is 0.329 e. The number of rotatable bonds is 7. The maximum atomic E-state index is 11.8. The third-order valence-corrected chi connectivity index (χ3v) is 2.31. The van der Waals surface area contributed by atoms with Crippen molar-refractivity contribution >= 4 is 11.9 Å². The Morgan fingerprint density at radius 1 is 1.33 bits per heavy atom. The molecule has 0 radical (unpaired) electrons. The van der Waals surface area contributed by atoms with E-state index in [4.69, 9.17) is 9.84 Å². The quantitative estimate of drug-likeness (QED) is 0.765. The van der Waals surface area contributed by atoms with E-state index in [0.29, 0.717) is 13.1 Å². The first-order valence-corrected chi connectivity index (χ1v) is 5.59. The zero-order valence-corrected chi connectivity index (χ0v) is 10.2. The molecule has 0 unspecified atom stereocenters. The predicted molar refractivity (Wildman–Crippen MR) is 63.8 cm³/mol. The molecular formula is C12H16N2O4. The molecular weight excluding hydrogens is 236 g/mol. The minimum Gasteiger partial charge on any atom is -0.480 e. The van der Waals surface area contributed by atoms with Crippen LogP contribution >= 0.6 is 0 Å². The van der Waals surface area contributed by atoms with Gasteiger partial charge in [0.2, 0.25) is 5.91 Å². The van der Waals surface area contributed by atoms with Gasteiger partial charge in [-0.1, -0.05) is 0 Å². The van der Waals surface area contributed by atoms with Gasteiger partial charge in [-0.25, -0.2) is 4.79 Å². The van der Waals surface area contributed by atoms with Gasteiger partial charge in [0, 0.05) is 25.5 Å². The van der Waals surface area contributed by atoms with Gasteiger partial charge in [0.05, 0.1) is 0 Å². The topological polar surface area (TPSA) is 79.7 Å². The van der Waals surface area contributed by atoms with Crippen LogP contribution in [0, 0.1) is 0 Å². The molecule has 0 bridgehead atoms. The summed E-state index contributed by atoms with van der Waals surface area (Å²) < 4.78 is 4.77. The number of carboxylic acid groups (broad SMARTS) is 1. The molecule has 1 aromatic heterocycles. The van der Waals surface area contributed by atoms with Crippen LogP contribution in [0.15, 0.2) is 24.5 Å². The van der Waals surface area contributed by atoms with Gasteiger partial charge in [-0.15, -0.1) is 0 Å².